The van der Waals surface area contributed by atoms with E-state index in [0.717, 1.165) is 0 Å². The lowest BCUT2D eigenvalue weighted by Crippen LogP contribution is -1.64. The van der Waals surface area contributed by atoms with Crippen LogP contribution >= 0.6 is 20.8 Å². The maximum absolute atomic E-state index is 5.78. The summed E-state index contributed by atoms with van der Waals surface area (Å²) in [6, 6.07) is 0. The molecule has 0 atom stereocenters. The Labute approximate surface area is 45.7 Å². The normalized spacial score (nSPS) is 28.5. The van der Waals surface area contributed by atoms with Crippen molar-refractivity contribution in [2.45, 2.75) is 12.8 Å². The Kier molecular flexibility index (Phi) is 1.66. The maximum atomic E-state index is 5.78. The zero-order chi connectivity index (χ0) is 4.41. The third kappa shape index (κ3) is 1.05. The summed E-state index contributed by atoms with van der Waals surface area (Å²) in [6.07, 6.45) is 2.77. The SMILES string of the molecule is Cl[SH]1CCCC1. The zero-order valence-electron chi connectivity index (χ0n) is 3.65. The fourth-order valence-electron chi connectivity index (χ4n) is 0.679. The topological polar surface area (TPSA) is 0 Å². The van der Waals surface area contributed by atoms with Crippen LogP contribution in [0.4, 0.5) is 0 Å². The largest absolute Gasteiger partial charge is 0.175 e. The lowest BCUT2D eigenvalue weighted by Gasteiger charge is -1.95. The second-order valence-electron chi connectivity index (χ2n) is 1.62. The first-order valence-electron chi connectivity index (χ1n) is 2.30. The highest BCUT2D eigenvalue weighted by Gasteiger charge is 2.05. The summed E-state index contributed by atoms with van der Waals surface area (Å²) in [7, 11) is 5.78. The summed E-state index contributed by atoms with van der Waals surface area (Å²) in [6.45, 7) is 0. The molecule has 0 unspecified atom stereocenters. The maximum Gasteiger partial charge on any atom is -0.0126 e. The van der Waals surface area contributed by atoms with E-state index < -0.39 is 0 Å². The van der Waals surface area contributed by atoms with Crippen LogP contribution in [0.5, 0.6) is 0 Å². The fourth-order valence-corrected chi connectivity index (χ4v) is 2.75. The molecule has 0 amide bonds. The molecule has 0 bridgehead atoms. The average Bonchev–Trinajstić information content (AvgIpc) is 1.86. The van der Waals surface area contributed by atoms with Gasteiger partial charge in [0.05, 0.1) is 0 Å². The van der Waals surface area contributed by atoms with Crippen LogP contribution in [0.25, 0.3) is 0 Å². The van der Waals surface area contributed by atoms with Crippen LogP contribution in [0.3, 0.4) is 0 Å². The van der Waals surface area contributed by atoms with Gasteiger partial charge >= 0.3 is 0 Å². The van der Waals surface area contributed by atoms with E-state index in [0.29, 0.717) is 0 Å². The van der Waals surface area contributed by atoms with Gasteiger partial charge in [-0.1, -0.05) is 10.7 Å². The van der Waals surface area contributed by atoms with Gasteiger partial charge in [-0.25, -0.2) is 0 Å². The average molecular weight is 125 g/mol. The van der Waals surface area contributed by atoms with E-state index in [9.17, 15) is 0 Å². The molecule has 0 nitrogen and oxygen atoms in total. The molecule has 0 radical (unpaired) electrons. The molecule has 1 rings (SSSR count). The number of hydrogen-bond donors (Lipinski definition) is 1. The molecule has 1 aliphatic rings. The summed E-state index contributed by atoms with van der Waals surface area (Å²) in [5, 5.41) is 0. The van der Waals surface area contributed by atoms with E-state index in [1.165, 1.54) is 24.3 Å². The number of halogens is 1. The van der Waals surface area contributed by atoms with Gasteiger partial charge in [0.1, 0.15) is 0 Å². The van der Waals surface area contributed by atoms with E-state index in [-0.39, 0.29) is 10.1 Å². The Morgan fingerprint density at radius 2 is 1.67 bits per heavy atom. The van der Waals surface area contributed by atoms with Gasteiger partial charge in [-0.3, -0.25) is 0 Å². The summed E-state index contributed by atoms with van der Waals surface area (Å²) in [5.41, 5.74) is 0. The van der Waals surface area contributed by atoms with E-state index in [2.05, 4.69) is 0 Å². The van der Waals surface area contributed by atoms with E-state index in [1.54, 1.807) is 0 Å². The van der Waals surface area contributed by atoms with Crippen molar-refractivity contribution in [3.05, 3.63) is 0 Å². The van der Waals surface area contributed by atoms with Gasteiger partial charge in [-0.05, 0) is 24.3 Å². The molecule has 0 aliphatic carbocycles. The minimum absolute atomic E-state index is 0.00720. The molecule has 2 heteroatoms. The first-order chi connectivity index (χ1) is 2.89. The molecular formula is C4H9ClS. The summed E-state index contributed by atoms with van der Waals surface area (Å²) >= 11 is 0. The van der Waals surface area contributed by atoms with Crippen molar-refractivity contribution in [1.82, 2.24) is 0 Å². The van der Waals surface area contributed by atoms with Gasteiger partial charge in [0.25, 0.3) is 0 Å². The van der Waals surface area contributed by atoms with Crippen LogP contribution in [0.1, 0.15) is 12.8 Å². The van der Waals surface area contributed by atoms with Crippen molar-refractivity contribution >= 4 is 20.8 Å². The van der Waals surface area contributed by atoms with Crippen molar-refractivity contribution in [2.24, 2.45) is 0 Å². The summed E-state index contributed by atoms with van der Waals surface area (Å²) < 4.78 is 0. The van der Waals surface area contributed by atoms with Crippen molar-refractivity contribution < 1.29 is 0 Å². The third-order valence-electron chi connectivity index (χ3n) is 1.05. The molecule has 0 N–H and O–H groups in total. The molecule has 0 aromatic carbocycles. The van der Waals surface area contributed by atoms with E-state index in [1.807, 2.05) is 0 Å². The van der Waals surface area contributed by atoms with Crippen LogP contribution in [-0.4, -0.2) is 11.5 Å². The second kappa shape index (κ2) is 2.08. The van der Waals surface area contributed by atoms with Crippen LogP contribution in [0.2, 0.25) is 0 Å². The van der Waals surface area contributed by atoms with Crippen molar-refractivity contribution in [3.63, 3.8) is 0 Å². The van der Waals surface area contributed by atoms with Crippen molar-refractivity contribution in [1.29, 1.82) is 0 Å². The third-order valence-corrected chi connectivity index (χ3v) is 3.67. The Morgan fingerprint density at radius 3 is 1.83 bits per heavy atom. The molecule has 0 aromatic heterocycles. The highest BCUT2D eigenvalue weighted by atomic mass is 35.7. The fraction of sp³-hybridized carbons (Fsp3) is 1.00. The smallest absolute Gasteiger partial charge is 0.0126 e. The molecule has 1 heterocycles. The van der Waals surface area contributed by atoms with Gasteiger partial charge in [-0.15, -0.1) is 0 Å². The molecule has 38 valence electrons. The Hall–Kier alpha value is 0.640. The molecule has 0 aromatic rings. The molecular weight excluding hydrogens is 116 g/mol. The number of hydrogen-bond acceptors (Lipinski definition) is 0. The minimum Gasteiger partial charge on any atom is -0.175 e. The highest BCUT2D eigenvalue weighted by molar-refractivity contribution is 8.36. The molecule has 6 heavy (non-hydrogen) atoms. The summed E-state index contributed by atoms with van der Waals surface area (Å²) in [5.74, 6) is 2.63. The predicted octanol–water partition coefficient (Wildman–Crippen LogP) is 1.94. The molecule has 1 saturated heterocycles. The Balaban J connectivity index is 2.18. The first-order valence-corrected chi connectivity index (χ1v) is 4.92. The van der Waals surface area contributed by atoms with Crippen LogP contribution in [-0.2, 0) is 0 Å². The molecule has 1 aliphatic heterocycles. The Bertz CT molecular complexity index is 40.8. The zero-order valence-corrected chi connectivity index (χ0v) is 5.30. The van der Waals surface area contributed by atoms with Crippen molar-refractivity contribution in [3.8, 4) is 0 Å². The number of thiol groups is 1. The van der Waals surface area contributed by atoms with Gasteiger partial charge < -0.3 is 0 Å². The predicted molar refractivity (Wildman–Crippen MR) is 33.8 cm³/mol. The minimum atomic E-state index is 0.00720. The molecule has 0 spiro atoms. The molecule has 1 fully saturated rings. The van der Waals surface area contributed by atoms with E-state index >= 15 is 0 Å². The highest BCUT2D eigenvalue weighted by Crippen LogP contribution is 2.38. The lowest BCUT2D eigenvalue weighted by atomic mass is 10.4. The molecule has 0 saturated carbocycles. The lowest BCUT2D eigenvalue weighted by molar-refractivity contribution is 0.949. The van der Waals surface area contributed by atoms with Crippen LogP contribution < -0.4 is 0 Å². The second-order valence-corrected chi connectivity index (χ2v) is 4.87. The van der Waals surface area contributed by atoms with Crippen molar-refractivity contribution in [2.75, 3.05) is 11.5 Å². The van der Waals surface area contributed by atoms with Gasteiger partial charge in [0, 0.05) is 0 Å². The first kappa shape index (κ1) is 4.79. The van der Waals surface area contributed by atoms with E-state index in [4.69, 9.17) is 10.7 Å². The standard InChI is InChI=1S/C4H9ClS/c5-6-3-1-2-4-6/h6H,1-4H2. The van der Waals surface area contributed by atoms with Crippen LogP contribution in [0.15, 0.2) is 0 Å². The van der Waals surface area contributed by atoms with Gasteiger partial charge in [0.2, 0.25) is 0 Å². The summed E-state index contributed by atoms with van der Waals surface area (Å²) in [4.78, 5) is 0. The quantitative estimate of drug-likeness (QED) is 0.469. The van der Waals surface area contributed by atoms with Crippen LogP contribution in [0, 0.1) is 0 Å². The van der Waals surface area contributed by atoms with Gasteiger partial charge in [-0.2, -0.15) is 10.1 Å². The Morgan fingerprint density at radius 1 is 1.17 bits per heavy atom. The van der Waals surface area contributed by atoms with Gasteiger partial charge in [0.15, 0.2) is 0 Å². The monoisotopic (exact) mass is 124 g/mol. The number of rotatable bonds is 0.